The number of para-hydroxylation sites is 1. The van der Waals surface area contributed by atoms with Crippen LogP contribution in [0.25, 0.3) is 55.8 Å². The zero-order chi connectivity index (χ0) is 37.7. The van der Waals surface area contributed by atoms with Gasteiger partial charge in [-0.05, 0) is 0 Å². The average molecular weight is 838 g/mol. The van der Waals surface area contributed by atoms with Crippen molar-refractivity contribution in [1.29, 1.82) is 0 Å². The molecule has 2 nitrogen and oxygen atoms in total. The van der Waals surface area contributed by atoms with E-state index in [-0.39, 0.29) is 6.71 Å². The summed E-state index contributed by atoms with van der Waals surface area (Å²) in [5, 5.41) is 0. The van der Waals surface area contributed by atoms with Crippen molar-refractivity contribution in [3.63, 3.8) is 0 Å². The Bertz CT molecular complexity index is 2860. The molecule has 0 atom stereocenters. The zero-order valence-corrected chi connectivity index (χ0v) is 33.4. The quantitative estimate of drug-likeness (QED) is 0.155. The van der Waals surface area contributed by atoms with Crippen LogP contribution in [0.3, 0.4) is 0 Å². The molecule has 0 spiro atoms. The van der Waals surface area contributed by atoms with Crippen LogP contribution in [-0.4, -0.2) is 32.6 Å². The molecule has 0 radical (unpaired) electrons. The number of fused-ring (bicyclic) bond motifs is 4. The third kappa shape index (κ3) is 5.93. The Morgan fingerprint density at radius 1 is 0.386 bits per heavy atom. The molecule has 0 amide bonds. The molecule has 0 bridgehead atoms. The van der Waals surface area contributed by atoms with Crippen molar-refractivity contribution in [2.45, 2.75) is 0 Å². The van der Waals surface area contributed by atoms with Crippen molar-refractivity contribution in [2.75, 3.05) is 4.90 Å². The summed E-state index contributed by atoms with van der Waals surface area (Å²) >= 11 is -0.773. The molecule has 9 aromatic rings. The maximum absolute atomic E-state index is 4.91. The van der Waals surface area contributed by atoms with Crippen molar-refractivity contribution >= 4 is 68.3 Å². The SMILES string of the molecule is c1ccc(-c2ccc3c(c2)B2c4cc(-c5ccccc5)ccc4N(c4c(-c5ccccc5)cccc4-c4ccccc4)c4cc(-c5ccccn5)cc(c42)[Te]3)cc1. The molecular weight excluding hydrogens is 803 g/mol. The Hall–Kier alpha value is -6.44. The van der Waals surface area contributed by atoms with Crippen LogP contribution >= 0.6 is 0 Å². The summed E-state index contributed by atoms with van der Waals surface area (Å²) in [5.41, 5.74) is 19.7. The standard InChI is InChI=1S/C53H35BN2Te/c1-5-16-36(17-6-1)40-27-29-48-45(32-40)54-46-33-41(37-18-7-2-8-19-37)28-30-50(46)57-51-35-42(47-26-13-14-31-55-47)34-49(52(51)54)56(48)53-43(38-20-9-3-10-21-38)24-15-25-44(53)39-22-11-4-12-23-39/h1-35H. The summed E-state index contributed by atoms with van der Waals surface area (Å²) in [6.45, 7) is 0.0595. The zero-order valence-electron chi connectivity index (χ0n) is 31.1. The van der Waals surface area contributed by atoms with Gasteiger partial charge in [-0.2, -0.15) is 0 Å². The number of hydrogen-bond acceptors (Lipinski definition) is 2. The maximum atomic E-state index is 4.91. The normalized spacial score (nSPS) is 12.4. The minimum atomic E-state index is -0.773. The number of pyridine rings is 1. The summed E-state index contributed by atoms with van der Waals surface area (Å²) < 4.78 is 2.98. The van der Waals surface area contributed by atoms with Gasteiger partial charge in [0.15, 0.2) is 0 Å². The topological polar surface area (TPSA) is 16.1 Å². The second-order valence-electron chi connectivity index (χ2n) is 14.7. The summed E-state index contributed by atoms with van der Waals surface area (Å²) in [6.07, 6.45) is 1.91. The second kappa shape index (κ2) is 14.3. The average Bonchev–Trinajstić information content (AvgIpc) is 3.30. The molecule has 0 N–H and O–H groups in total. The van der Waals surface area contributed by atoms with Crippen LogP contribution < -0.4 is 28.5 Å². The van der Waals surface area contributed by atoms with Gasteiger partial charge >= 0.3 is 346 Å². The molecule has 266 valence electrons. The molecule has 0 saturated carbocycles. The molecule has 0 aliphatic carbocycles. The Morgan fingerprint density at radius 3 is 1.54 bits per heavy atom. The first kappa shape index (κ1) is 33.9. The van der Waals surface area contributed by atoms with Crippen molar-refractivity contribution in [2.24, 2.45) is 0 Å². The number of benzene rings is 8. The van der Waals surface area contributed by atoms with Crippen LogP contribution in [0.4, 0.5) is 17.1 Å². The fourth-order valence-electron chi connectivity index (χ4n) is 8.78. The van der Waals surface area contributed by atoms with Gasteiger partial charge in [0.1, 0.15) is 0 Å². The van der Waals surface area contributed by atoms with E-state index in [0.717, 1.165) is 11.3 Å². The van der Waals surface area contributed by atoms with E-state index in [4.69, 9.17) is 4.98 Å². The molecule has 0 saturated heterocycles. The van der Waals surface area contributed by atoms with E-state index in [1.54, 1.807) is 0 Å². The van der Waals surface area contributed by atoms with E-state index in [9.17, 15) is 0 Å². The predicted octanol–water partition coefficient (Wildman–Crippen LogP) is 9.68. The van der Waals surface area contributed by atoms with Gasteiger partial charge in [0.05, 0.1) is 0 Å². The third-order valence-corrected chi connectivity index (χ3v) is 14.7. The van der Waals surface area contributed by atoms with E-state index in [0.29, 0.717) is 0 Å². The first-order valence-electron chi connectivity index (χ1n) is 19.5. The summed E-state index contributed by atoms with van der Waals surface area (Å²) in [5.74, 6) is 0. The summed E-state index contributed by atoms with van der Waals surface area (Å²) in [4.78, 5) is 7.52. The van der Waals surface area contributed by atoms with Crippen LogP contribution in [0.1, 0.15) is 0 Å². The second-order valence-corrected chi connectivity index (χ2v) is 17.8. The molecule has 1 aromatic heterocycles. The van der Waals surface area contributed by atoms with Crippen LogP contribution in [0.5, 0.6) is 0 Å². The van der Waals surface area contributed by atoms with Crippen molar-refractivity contribution in [3.05, 3.63) is 212 Å². The van der Waals surface area contributed by atoms with Gasteiger partial charge in [-0.3, -0.25) is 0 Å². The van der Waals surface area contributed by atoms with E-state index < -0.39 is 20.9 Å². The molecule has 8 aromatic carbocycles. The number of hydrogen-bond donors (Lipinski definition) is 0. The number of anilines is 3. The Kier molecular flexibility index (Phi) is 8.47. The van der Waals surface area contributed by atoms with E-state index in [1.165, 1.54) is 85.2 Å². The van der Waals surface area contributed by atoms with Gasteiger partial charge in [-0.15, -0.1) is 0 Å². The van der Waals surface area contributed by atoms with E-state index in [2.05, 4.69) is 205 Å². The fourth-order valence-corrected chi connectivity index (χ4v) is 12.2. The van der Waals surface area contributed by atoms with Crippen LogP contribution in [0.15, 0.2) is 212 Å². The Morgan fingerprint density at radius 2 is 0.947 bits per heavy atom. The number of aromatic nitrogens is 1. The molecule has 2 aliphatic heterocycles. The molecule has 11 rings (SSSR count). The van der Waals surface area contributed by atoms with E-state index >= 15 is 0 Å². The van der Waals surface area contributed by atoms with Gasteiger partial charge in [0, 0.05) is 0 Å². The summed E-state index contributed by atoms with van der Waals surface area (Å²) in [6, 6.07) is 75.9. The molecule has 57 heavy (non-hydrogen) atoms. The van der Waals surface area contributed by atoms with Crippen LogP contribution in [-0.2, 0) is 0 Å². The fraction of sp³-hybridized carbons (Fsp3) is 0. The van der Waals surface area contributed by atoms with Gasteiger partial charge in [0.2, 0.25) is 0 Å². The van der Waals surface area contributed by atoms with Crippen molar-refractivity contribution in [1.82, 2.24) is 4.98 Å². The monoisotopic (exact) mass is 840 g/mol. The summed E-state index contributed by atoms with van der Waals surface area (Å²) in [7, 11) is 0. The molecule has 0 unspecified atom stereocenters. The number of nitrogens with zero attached hydrogens (tertiary/aromatic N) is 2. The first-order valence-corrected chi connectivity index (χ1v) is 21.8. The number of rotatable bonds is 6. The van der Waals surface area contributed by atoms with E-state index in [1.807, 2.05) is 12.3 Å². The third-order valence-electron chi connectivity index (χ3n) is 11.4. The van der Waals surface area contributed by atoms with Crippen LogP contribution in [0.2, 0.25) is 0 Å². The van der Waals surface area contributed by atoms with Gasteiger partial charge in [-0.1, -0.05) is 0 Å². The molecule has 3 heterocycles. The Labute approximate surface area is 344 Å². The molecule has 2 aliphatic rings. The van der Waals surface area contributed by atoms with Crippen molar-refractivity contribution in [3.8, 4) is 55.8 Å². The van der Waals surface area contributed by atoms with Crippen molar-refractivity contribution < 1.29 is 0 Å². The Balaban J connectivity index is 1.26. The molecule has 0 fully saturated rings. The molecule has 4 heteroatoms. The van der Waals surface area contributed by atoms with Gasteiger partial charge < -0.3 is 0 Å². The molecular formula is C53H35BN2Te. The van der Waals surface area contributed by atoms with Gasteiger partial charge in [-0.25, -0.2) is 0 Å². The minimum absolute atomic E-state index is 0.0595. The predicted molar refractivity (Wildman–Crippen MR) is 242 cm³/mol. The van der Waals surface area contributed by atoms with Gasteiger partial charge in [0.25, 0.3) is 0 Å². The van der Waals surface area contributed by atoms with Crippen LogP contribution in [0, 0.1) is 0 Å². The first-order chi connectivity index (χ1) is 28.3.